The number of hydrogen-bond acceptors (Lipinski definition) is 2. The van der Waals surface area contributed by atoms with Gasteiger partial charge in [0.1, 0.15) is 5.82 Å². The molecule has 0 spiro atoms. The van der Waals surface area contributed by atoms with Crippen LogP contribution < -0.4 is 5.32 Å². The highest BCUT2D eigenvalue weighted by Gasteiger charge is 2.17. The lowest BCUT2D eigenvalue weighted by Crippen LogP contribution is -2.29. The number of thiophene rings is 1. The van der Waals surface area contributed by atoms with Crippen molar-refractivity contribution in [3.8, 4) is 0 Å². The molecule has 0 bridgehead atoms. The number of amides is 1. The van der Waals surface area contributed by atoms with Gasteiger partial charge in [0, 0.05) is 11.3 Å². The number of hydrogen-bond donors (Lipinski definition) is 1. The van der Waals surface area contributed by atoms with Gasteiger partial charge in [-0.25, -0.2) is 4.39 Å². The normalized spacial score (nSPS) is 11.9. The van der Waals surface area contributed by atoms with Crippen LogP contribution in [0.5, 0.6) is 0 Å². The second-order valence-electron chi connectivity index (χ2n) is 5.52. The van der Waals surface area contributed by atoms with Gasteiger partial charge in [0.15, 0.2) is 0 Å². The molecule has 24 heavy (non-hydrogen) atoms. The van der Waals surface area contributed by atoms with E-state index in [1.165, 1.54) is 6.07 Å². The lowest BCUT2D eigenvalue weighted by atomic mass is 10.0. The second kappa shape index (κ2) is 7.88. The molecule has 3 rings (SSSR count). The molecule has 1 amide bonds. The topological polar surface area (TPSA) is 29.1 Å². The Morgan fingerprint density at radius 3 is 2.46 bits per heavy atom. The molecule has 1 aromatic heterocycles. The zero-order chi connectivity index (χ0) is 16.8. The van der Waals surface area contributed by atoms with Crippen molar-refractivity contribution in [2.45, 2.75) is 18.9 Å². The van der Waals surface area contributed by atoms with Crippen LogP contribution in [0, 0.1) is 5.82 Å². The van der Waals surface area contributed by atoms with Crippen LogP contribution in [-0.2, 0) is 11.2 Å². The number of halogens is 1. The fourth-order valence-corrected chi connectivity index (χ4v) is 3.40. The summed E-state index contributed by atoms with van der Waals surface area (Å²) in [7, 11) is 0. The number of carbonyl (C=O) groups is 1. The summed E-state index contributed by atoms with van der Waals surface area (Å²) in [4.78, 5) is 13.5. The van der Waals surface area contributed by atoms with E-state index in [-0.39, 0.29) is 24.2 Å². The lowest BCUT2D eigenvalue weighted by molar-refractivity contribution is -0.121. The first-order valence-electron chi connectivity index (χ1n) is 7.85. The number of aryl methyl sites for hydroxylation is 1. The lowest BCUT2D eigenvalue weighted by Gasteiger charge is -2.18. The van der Waals surface area contributed by atoms with E-state index in [1.54, 1.807) is 29.5 Å². The molecule has 1 atom stereocenters. The Morgan fingerprint density at radius 2 is 1.75 bits per heavy atom. The van der Waals surface area contributed by atoms with Gasteiger partial charge in [-0.3, -0.25) is 4.79 Å². The third-order valence-electron chi connectivity index (χ3n) is 3.85. The molecule has 0 fully saturated rings. The van der Waals surface area contributed by atoms with Gasteiger partial charge in [-0.2, -0.15) is 0 Å². The van der Waals surface area contributed by atoms with Gasteiger partial charge < -0.3 is 5.32 Å². The van der Waals surface area contributed by atoms with E-state index in [0.717, 1.165) is 10.4 Å². The zero-order valence-electron chi connectivity index (χ0n) is 13.1. The van der Waals surface area contributed by atoms with Gasteiger partial charge in [0.2, 0.25) is 5.91 Å². The maximum atomic E-state index is 13.7. The standard InChI is InChI=1S/C20H18FNOS/c21-17-10-5-4-7-15(17)12-13-19(23)22-20(18-11-6-14-24-18)16-8-2-1-3-9-16/h1-11,14,20H,12-13H2,(H,22,23)/t20-/m0/s1. The van der Waals surface area contributed by atoms with Crippen LogP contribution in [0.3, 0.4) is 0 Å². The Morgan fingerprint density at radius 1 is 1.00 bits per heavy atom. The van der Waals surface area contributed by atoms with E-state index < -0.39 is 0 Å². The fourth-order valence-electron chi connectivity index (χ4n) is 2.60. The third kappa shape index (κ3) is 4.09. The Kier molecular flexibility index (Phi) is 5.39. The Labute approximate surface area is 145 Å². The fraction of sp³-hybridized carbons (Fsp3) is 0.150. The average Bonchev–Trinajstić information content (AvgIpc) is 3.14. The molecule has 0 unspecified atom stereocenters. The molecule has 0 aliphatic heterocycles. The minimum Gasteiger partial charge on any atom is -0.344 e. The van der Waals surface area contributed by atoms with Crippen LogP contribution >= 0.6 is 11.3 Å². The molecule has 4 heteroatoms. The molecule has 0 aliphatic carbocycles. The van der Waals surface area contributed by atoms with Gasteiger partial charge in [-0.1, -0.05) is 54.6 Å². The monoisotopic (exact) mass is 339 g/mol. The van der Waals surface area contributed by atoms with Crippen molar-refractivity contribution in [3.05, 3.63) is 93.9 Å². The van der Waals surface area contributed by atoms with Crippen LogP contribution in [0.1, 0.15) is 28.5 Å². The van der Waals surface area contributed by atoms with Crippen LogP contribution in [0.2, 0.25) is 0 Å². The molecule has 1 N–H and O–H groups in total. The van der Waals surface area contributed by atoms with Crippen molar-refractivity contribution < 1.29 is 9.18 Å². The minimum absolute atomic E-state index is 0.0829. The van der Waals surface area contributed by atoms with Gasteiger partial charge in [0.25, 0.3) is 0 Å². The van der Waals surface area contributed by atoms with Crippen molar-refractivity contribution >= 4 is 17.2 Å². The van der Waals surface area contributed by atoms with Crippen LogP contribution in [0.15, 0.2) is 72.1 Å². The second-order valence-corrected chi connectivity index (χ2v) is 6.50. The first-order chi connectivity index (χ1) is 11.7. The first kappa shape index (κ1) is 16.4. The number of benzene rings is 2. The summed E-state index contributed by atoms with van der Waals surface area (Å²) < 4.78 is 13.7. The SMILES string of the molecule is O=C(CCc1ccccc1F)N[C@@H](c1ccccc1)c1cccs1. The van der Waals surface area contributed by atoms with E-state index in [9.17, 15) is 9.18 Å². The highest BCUT2D eigenvalue weighted by molar-refractivity contribution is 7.10. The van der Waals surface area contributed by atoms with Crippen molar-refractivity contribution in [3.63, 3.8) is 0 Å². The van der Waals surface area contributed by atoms with Crippen molar-refractivity contribution in [1.29, 1.82) is 0 Å². The van der Waals surface area contributed by atoms with Gasteiger partial charge in [0.05, 0.1) is 6.04 Å². The van der Waals surface area contributed by atoms with Crippen molar-refractivity contribution in [2.75, 3.05) is 0 Å². The van der Waals surface area contributed by atoms with Gasteiger partial charge >= 0.3 is 0 Å². The maximum absolute atomic E-state index is 13.7. The first-order valence-corrected chi connectivity index (χ1v) is 8.73. The summed E-state index contributed by atoms with van der Waals surface area (Å²) in [6.07, 6.45) is 0.653. The Hall–Kier alpha value is -2.46. The van der Waals surface area contributed by atoms with Gasteiger partial charge in [-0.15, -0.1) is 11.3 Å². The zero-order valence-corrected chi connectivity index (χ0v) is 13.9. The Balaban J connectivity index is 1.69. The Bertz CT molecular complexity index is 786. The third-order valence-corrected chi connectivity index (χ3v) is 4.78. The highest BCUT2D eigenvalue weighted by Crippen LogP contribution is 2.26. The molecular formula is C20H18FNOS. The molecule has 3 aromatic rings. The summed E-state index contributed by atoms with van der Waals surface area (Å²) in [5.41, 5.74) is 1.61. The predicted octanol–water partition coefficient (Wildman–Crippen LogP) is 4.73. The van der Waals surface area contributed by atoms with Gasteiger partial charge in [-0.05, 0) is 35.1 Å². The highest BCUT2D eigenvalue weighted by atomic mass is 32.1. The summed E-state index contributed by atoms with van der Waals surface area (Å²) in [6, 6.07) is 20.3. The maximum Gasteiger partial charge on any atom is 0.221 e. The summed E-state index contributed by atoms with van der Waals surface area (Å²) in [5, 5.41) is 5.07. The minimum atomic E-state index is -0.261. The molecule has 0 aliphatic rings. The predicted molar refractivity (Wildman–Crippen MR) is 95.5 cm³/mol. The molecule has 0 saturated heterocycles. The van der Waals surface area contributed by atoms with E-state index in [4.69, 9.17) is 0 Å². The molecule has 0 saturated carbocycles. The average molecular weight is 339 g/mol. The number of nitrogens with one attached hydrogen (secondary N) is 1. The summed E-state index contributed by atoms with van der Waals surface area (Å²) in [6.45, 7) is 0. The van der Waals surface area contributed by atoms with Crippen LogP contribution in [0.25, 0.3) is 0 Å². The van der Waals surface area contributed by atoms with Crippen molar-refractivity contribution in [1.82, 2.24) is 5.32 Å². The molecule has 122 valence electrons. The van der Waals surface area contributed by atoms with Crippen LogP contribution in [0.4, 0.5) is 4.39 Å². The largest absolute Gasteiger partial charge is 0.344 e. The quantitative estimate of drug-likeness (QED) is 0.691. The van der Waals surface area contributed by atoms with E-state index in [1.807, 2.05) is 47.8 Å². The molecule has 1 heterocycles. The van der Waals surface area contributed by atoms with Crippen LogP contribution in [-0.4, -0.2) is 5.91 Å². The smallest absolute Gasteiger partial charge is 0.221 e. The van der Waals surface area contributed by atoms with E-state index in [0.29, 0.717) is 12.0 Å². The van der Waals surface area contributed by atoms with E-state index in [2.05, 4.69) is 5.32 Å². The molecule has 2 aromatic carbocycles. The summed E-state index contributed by atoms with van der Waals surface area (Å²) >= 11 is 1.61. The molecule has 2 nitrogen and oxygen atoms in total. The van der Waals surface area contributed by atoms with E-state index >= 15 is 0 Å². The molecular weight excluding hydrogens is 321 g/mol. The number of carbonyl (C=O) groups excluding carboxylic acids is 1. The number of rotatable bonds is 6. The molecule has 0 radical (unpaired) electrons. The summed E-state index contributed by atoms with van der Waals surface area (Å²) in [5.74, 6) is -0.344. The van der Waals surface area contributed by atoms with Crippen molar-refractivity contribution in [2.24, 2.45) is 0 Å².